The van der Waals surface area contributed by atoms with Crippen LogP contribution in [-0.4, -0.2) is 21.7 Å². The Balaban J connectivity index is 1.66. The van der Waals surface area contributed by atoms with Crippen molar-refractivity contribution >= 4 is 29.1 Å². The van der Waals surface area contributed by atoms with E-state index in [1.807, 2.05) is 12.1 Å². The molecule has 26 heavy (non-hydrogen) atoms. The van der Waals surface area contributed by atoms with Crippen LogP contribution < -0.4 is 0 Å². The lowest BCUT2D eigenvalue weighted by Crippen LogP contribution is -2.05. The second-order valence-corrected chi connectivity index (χ2v) is 6.65. The molecule has 0 bridgehead atoms. The zero-order chi connectivity index (χ0) is 18.7. The number of ketones is 1. The Kier molecular flexibility index (Phi) is 5.33. The fourth-order valence-corrected chi connectivity index (χ4v) is 2.94. The van der Waals surface area contributed by atoms with Crippen LogP contribution >= 0.6 is 23.4 Å². The van der Waals surface area contributed by atoms with Gasteiger partial charge in [0.15, 0.2) is 5.78 Å². The number of rotatable bonds is 5. The quantitative estimate of drug-likeness (QED) is 0.426. The van der Waals surface area contributed by atoms with Crippen molar-refractivity contribution in [2.24, 2.45) is 0 Å². The van der Waals surface area contributed by atoms with Crippen molar-refractivity contribution in [3.8, 4) is 11.4 Å². The maximum Gasteiger partial charge on any atom is 0.471 e. The van der Waals surface area contributed by atoms with Gasteiger partial charge in [0.25, 0.3) is 0 Å². The van der Waals surface area contributed by atoms with E-state index >= 15 is 0 Å². The topological polar surface area (TPSA) is 56.0 Å². The molecule has 1 aromatic heterocycles. The van der Waals surface area contributed by atoms with Crippen LogP contribution in [0.15, 0.2) is 57.9 Å². The summed E-state index contributed by atoms with van der Waals surface area (Å²) in [6.45, 7) is 0. The molecule has 0 amide bonds. The summed E-state index contributed by atoms with van der Waals surface area (Å²) in [7, 11) is 0. The van der Waals surface area contributed by atoms with Crippen molar-refractivity contribution in [1.29, 1.82) is 0 Å². The molecule has 0 atom stereocenters. The normalized spacial score (nSPS) is 11.5. The lowest BCUT2D eigenvalue weighted by molar-refractivity contribution is -0.159. The van der Waals surface area contributed by atoms with E-state index in [1.165, 1.54) is 36.0 Å². The summed E-state index contributed by atoms with van der Waals surface area (Å²) in [5.74, 6) is -1.49. The minimum atomic E-state index is -4.69. The number of thioether (sulfide) groups is 1. The number of halogens is 4. The third-order valence-corrected chi connectivity index (χ3v) is 4.58. The van der Waals surface area contributed by atoms with Crippen LogP contribution in [0.25, 0.3) is 11.4 Å². The molecule has 0 aliphatic carbocycles. The molecule has 0 aliphatic rings. The molecular weight excluding hydrogens is 389 g/mol. The highest BCUT2D eigenvalue weighted by Crippen LogP contribution is 2.29. The third-order valence-electron chi connectivity index (χ3n) is 3.32. The summed E-state index contributed by atoms with van der Waals surface area (Å²) in [6.07, 6.45) is -4.69. The second-order valence-electron chi connectivity index (χ2n) is 5.16. The minimum Gasteiger partial charge on any atom is -0.329 e. The molecule has 0 saturated carbocycles. The molecule has 9 heteroatoms. The standard InChI is InChI=1S/C17H10ClF3N2O2S/c18-12-5-7-13(8-6-12)26-9-14(24)10-1-3-11(4-2-10)15-22-16(25-23-15)17(19,20)21/h1-8H,9H2. The van der Waals surface area contributed by atoms with Gasteiger partial charge in [0.2, 0.25) is 5.82 Å². The van der Waals surface area contributed by atoms with Gasteiger partial charge >= 0.3 is 12.1 Å². The molecule has 1 heterocycles. The summed E-state index contributed by atoms with van der Waals surface area (Å²) in [6, 6.07) is 13.1. The number of alkyl halides is 3. The summed E-state index contributed by atoms with van der Waals surface area (Å²) >= 11 is 7.17. The highest BCUT2D eigenvalue weighted by Gasteiger charge is 2.38. The third kappa shape index (κ3) is 4.44. The molecule has 0 unspecified atom stereocenters. The Morgan fingerprint density at radius 2 is 1.73 bits per heavy atom. The van der Waals surface area contributed by atoms with E-state index in [4.69, 9.17) is 11.6 Å². The average molecular weight is 399 g/mol. The molecule has 0 saturated heterocycles. The molecule has 3 aromatic rings. The predicted octanol–water partition coefficient (Wildman–Crippen LogP) is 5.38. The van der Waals surface area contributed by atoms with Gasteiger partial charge in [0.05, 0.1) is 5.75 Å². The number of aromatic nitrogens is 2. The first-order valence-corrected chi connectivity index (χ1v) is 8.62. The van der Waals surface area contributed by atoms with Gasteiger partial charge < -0.3 is 4.52 Å². The second kappa shape index (κ2) is 7.51. The zero-order valence-corrected chi connectivity index (χ0v) is 14.5. The first-order chi connectivity index (χ1) is 12.3. The van der Waals surface area contributed by atoms with E-state index in [2.05, 4.69) is 14.7 Å². The molecule has 0 fully saturated rings. The van der Waals surface area contributed by atoms with E-state index in [0.29, 0.717) is 16.1 Å². The van der Waals surface area contributed by atoms with Gasteiger partial charge in [0, 0.05) is 21.0 Å². The molecule has 2 aromatic carbocycles. The first kappa shape index (κ1) is 18.5. The summed E-state index contributed by atoms with van der Waals surface area (Å²) < 4.78 is 41.6. The molecule has 0 N–H and O–H groups in total. The van der Waals surface area contributed by atoms with Gasteiger partial charge in [-0.1, -0.05) is 41.0 Å². The molecule has 0 spiro atoms. The van der Waals surface area contributed by atoms with Crippen molar-refractivity contribution in [2.45, 2.75) is 11.1 Å². The summed E-state index contributed by atoms with van der Waals surface area (Å²) in [5, 5.41) is 3.92. The van der Waals surface area contributed by atoms with Gasteiger partial charge in [-0.05, 0) is 24.3 Å². The SMILES string of the molecule is O=C(CSc1ccc(Cl)cc1)c1ccc(-c2noc(C(F)(F)F)n2)cc1. The maximum atomic E-state index is 12.5. The summed E-state index contributed by atoms with van der Waals surface area (Å²) in [4.78, 5) is 16.4. The number of carbonyl (C=O) groups excluding carboxylic acids is 1. The van der Waals surface area contributed by atoms with Gasteiger partial charge in [-0.3, -0.25) is 4.79 Å². The van der Waals surface area contributed by atoms with Crippen LogP contribution in [0.4, 0.5) is 13.2 Å². The van der Waals surface area contributed by atoms with Crippen molar-refractivity contribution < 1.29 is 22.5 Å². The van der Waals surface area contributed by atoms with Crippen LogP contribution in [-0.2, 0) is 6.18 Å². The lowest BCUT2D eigenvalue weighted by atomic mass is 10.1. The average Bonchev–Trinajstić information content (AvgIpc) is 3.12. The van der Waals surface area contributed by atoms with E-state index in [-0.39, 0.29) is 17.4 Å². The monoisotopic (exact) mass is 398 g/mol. The number of carbonyl (C=O) groups is 1. The fourth-order valence-electron chi connectivity index (χ4n) is 2.02. The largest absolute Gasteiger partial charge is 0.471 e. The van der Waals surface area contributed by atoms with E-state index < -0.39 is 12.1 Å². The molecular formula is C17H10ClF3N2O2S. The van der Waals surface area contributed by atoms with E-state index in [1.54, 1.807) is 12.1 Å². The highest BCUT2D eigenvalue weighted by atomic mass is 35.5. The smallest absolute Gasteiger partial charge is 0.329 e. The van der Waals surface area contributed by atoms with Gasteiger partial charge in [-0.25, -0.2) is 0 Å². The predicted molar refractivity (Wildman–Crippen MR) is 91.2 cm³/mol. The molecule has 0 aliphatic heterocycles. The summed E-state index contributed by atoms with van der Waals surface area (Å²) in [5.41, 5.74) is 0.765. The number of benzene rings is 2. The van der Waals surface area contributed by atoms with E-state index in [0.717, 1.165) is 4.90 Å². The molecule has 3 rings (SSSR count). The molecule has 134 valence electrons. The Labute approximate surface area is 155 Å². The van der Waals surface area contributed by atoms with E-state index in [9.17, 15) is 18.0 Å². The fraction of sp³-hybridized carbons (Fsp3) is 0.118. The van der Waals surface area contributed by atoms with Gasteiger partial charge in [0.1, 0.15) is 0 Å². The Hall–Kier alpha value is -2.32. The zero-order valence-electron chi connectivity index (χ0n) is 13.0. The highest BCUT2D eigenvalue weighted by molar-refractivity contribution is 8.00. The number of nitrogens with zero attached hydrogens (tertiary/aromatic N) is 2. The van der Waals surface area contributed by atoms with Crippen molar-refractivity contribution in [3.63, 3.8) is 0 Å². The Bertz CT molecular complexity index is 909. The molecule has 4 nitrogen and oxygen atoms in total. The maximum absolute atomic E-state index is 12.5. The molecule has 0 radical (unpaired) electrons. The number of hydrogen-bond acceptors (Lipinski definition) is 5. The number of Topliss-reactive ketones (excluding diaryl/α,β-unsaturated/α-hetero) is 1. The van der Waals surface area contributed by atoms with Crippen molar-refractivity contribution in [2.75, 3.05) is 5.75 Å². The van der Waals surface area contributed by atoms with Gasteiger partial charge in [-0.2, -0.15) is 18.2 Å². The van der Waals surface area contributed by atoms with Crippen LogP contribution in [0, 0.1) is 0 Å². The van der Waals surface area contributed by atoms with Crippen molar-refractivity contribution in [3.05, 3.63) is 65.0 Å². The van der Waals surface area contributed by atoms with Crippen LogP contribution in [0.1, 0.15) is 16.2 Å². The Morgan fingerprint density at radius 1 is 1.08 bits per heavy atom. The van der Waals surface area contributed by atoms with Crippen LogP contribution in [0.3, 0.4) is 0 Å². The Morgan fingerprint density at radius 3 is 2.31 bits per heavy atom. The minimum absolute atomic E-state index is 0.111. The van der Waals surface area contributed by atoms with Crippen molar-refractivity contribution in [1.82, 2.24) is 10.1 Å². The van der Waals surface area contributed by atoms with Gasteiger partial charge in [-0.15, -0.1) is 11.8 Å². The van der Waals surface area contributed by atoms with Crippen LogP contribution in [0.2, 0.25) is 5.02 Å². The number of hydrogen-bond donors (Lipinski definition) is 0. The lowest BCUT2D eigenvalue weighted by Gasteiger charge is -2.03. The van der Waals surface area contributed by atoms with Crippen LogP contribution in [0.5, 0.6) is 0 Å². The first-order valence-electron chi connectivity index (χ1n) is 7.26.